The number of carbonyl (C=O) groups excluding carboxylic acids is 2. The van der Waals surface area contributed by atoms with Gasteiger partial charge in [-0.15, -0.1) is 0 Å². The fourth-order valence-electron chi connectivity index (χ4n) is 4.74. The Morgan fingerprint density at radius 3 is 2.73 bits per heavy atom. The van der Waals surface area contributed by atoms with Gasteiger partial charge in [-0.2, -0.15) is 0 Å². The summed E-state index contributed by atoms with van der Waals surface area (Å²) in [5.41, 5.74) is 1.70. The lowest BCUT2D eigenvalue weighted by Gasteiger charge is -2.37. The molecule has 1 saturated carbocycles. The number of ether oxygens (including phenoxy) is 1. The molecule has 4 rings (SSSR count). The molecule has 1 aliphatic heterocycles. The Balaban J connectivity index is 1.58. The number of aromatic nitrogens is 1. The van der Waals surface area contributed by atoms with Gasteiger partial charge in [0.25, 0.3) is 5.91 Å². The second kappa shape index (κ2) is 12.1. The molecule has 0 unspecified atom stereocenters. The lowest BCUT2D eigenvalue weighted by molar-refractivity contribution is 0.0356. The van der Waals surface area contributed by atoms with Gasteiger partial charge in [0, 0.05) is 42.9 Å². The summed E-state index contributed by atoms with van der Waals surface area (Å²) in [6, 6.07) is 10.4. The summed E-state index contributed by atoms with van der Waals surface area (Å²) in [7, 11) is 1.71. The van der Waals surface area contributed by atoms with Crippen LogP contribution < -0.4 is 10.1 Å². The third kappa shape index (κ3) is 6.60. The van der Waals surface area contributed by atoms with Gasteiger partial charge >= 0.3 is 6.03 Å². The van der Waals surface area contributed by atoms with Crippen molar-refractivity contribution in [3.05, 3.63) is 53.7 Å². The largest absolute Gasteiger partial charge is 0.472 e. The first-order chi connectivity index (χ1) is 17.9. The lowest BCUT2D eigenvalue weighted by Crippen LogP contribution is -2.50. The summed E-state index contributed by atoms with van der Waals surface area (Å²) in [6.07, 6.45) is 5.86. The quantitative estimate of drug-likeness (QED) is 0.600. The summed E-state index contributed by atoms with van der Waals surface area (Å²) < 4.78 is 6.29. The van der Waals surface area contributed by atoms with Crippen molar-refractivity contribution in [3.63, 3.8) is 0 Å². The summed E-state index contributed by atoms with van der Waals surface area (Å²) in [5, 5.41) is 12.7. The third-order valence-electron chi connectivity index (χ3n) is 7.12. The molecule has 2 heterocycles. The Morgan fingerprint density at radius 2 is 2.03 bits per heavy atom. The number of fused-ring (bicyclic) bond motifs is 1. The molecule has 0 bridgehead atoms. The highest BCUT2D eigenvalue weighted by molar-refractivity contribution is 5.97. The van der Waals surface area contributed by atoms with E-state index in [-0.39, 0.29) is 36.4 Å². The van der Waals surface area contributed by atoms with E-state index >= 15 is 0 Å². The normalized spacial score (nSPS) is 20.5. The van der Waals surface area contributed by atoms with Crippen molar-refractivity contribution >= 4 is 17.6 Å². The molecule has 0 radical (unpaired) electrons. The molecule has 3 amide bonds. The van der Waals surface area contributed by atoms with Crippen LogP contribution in [0.15, 0.2) is 42.6 Å². The smallest absolute Gasteiger partial charge is 0.321 e. The van der Waals surface area contributed by atoms with Crippen LogP contribution in [0.5, 0.6) is 5.88 Å². The molecule has 196 valence electrons. The molecule has 0 spiro atoms. The number of aliphatic hydroxyl groups is 1. The molecule has 2 aliphatic rings. The molecule has 8 nitrogen and oxygen atoms in total. The topological polar surface area (TPSA) is 95.0 Å². The molecule has 8 heteroatoms. The van der Waals surface area contributed by atoms with Crippen LogP contribution in [0.1, 0.15) is 55.5 Å². The van der Waals surface area contributed by atoms with Crippen LogP contribution in [0.2, 0.25) is 0 Å². The number of likely N-dealkylation sites (N-methyl/N-ethyl adjacent to an activating group) is 1. The maximum atomic E-state index is 13.6. The predicted molar refractivity (Wildman–Crippen MR) is 142 cm³/mol. The zero-order valence-corrected chi connectivity index (χ0v) is 21.8. The number of hydrogen-bond donors (Lipinski definition) is 2. The molecular formula is C29H36N4O4. The number of benzene rings is 1. The van der Waals surface area contributed by atoms with Gasteiger partial charge < -0.3 is 25.0 Å². The number of urea groups is 1. The Bertz CT molecular complexity index is 1150. The maximum Gasteiger partial charge on any atom is 0.321 e. The van der Waals surface area contributed by atoms with Gasteiger partial charge in [0.1, 0.15) is 11.7 Å². The summed E-state index contributed by atoms with van der Waals surface area (Å²) in [5.74, 6) is 6.76. The number of aliphatic hydroxyl groups excluding tert-OH is 1. The van der Waals surface area contributed by atoms with Gasteiger partial charge in [-0.1, -0.05) is 49.8 Å². The van der Waals surface area contributed by atoms with Gasteiger partial charge in [-0.3, -0.25) is 4.79 Å². The van der Waals surface area contributed by atoms with Gasteiger partial charge in [-0.25, -0.2) is 9.78 Å². The van der Waals surface area contributed by atoms with Crippen LogP contribution in [0.3, 0.4) is 0 Å². The van der Waals surface area contributed by atoms with Crippen LogP contribution in [0, 0.1) is 23.7 Å². The Kier molecular flexibility index (Phi) is 8.67. The SMILES string of the molecule is C[C@@H]1CN([C@@H](C)CO)C(=O)c2cc(C#CC3CCCC3)cnc2O[C@@H]1CN(C)C(=O)Nc1ccccc1. The average Bonchev–Trinajstić information content (AvgIpc) is 3.43. The molecule has 37 heavy (non-hydrogen) atoms. The number of nitrogens with zero attached hydrogens (tertiary/aromatic N) is 3. The van der Waals surface area contributed by atoms with Crippen molar-refractivity contribution in [1.82, 2.24) is 14.8 Å². The van der Waals surface area contributed by atoms with Crippen molar-refractivity contribution < 1.29 is 19.4 Å². The Hall–Kier alpha value is -3.57. The highest BCUT2D eigenvalue weighted by Crippen LogP contribution is 2.28. The number of carbonyl (C=O) groups is 2. The first-order valence-electron chi connectivity index (χ1n) is 13.0. The van der Waals surface area contributed by atoms with E-state index in [1.54, 1.807) is 29.1 Å². The zero-order chi connectivity index (χ0) is 26.4. The molecule has 0 saturated heterocycles. The minimum atomic E-state index is -0.422. The van der Waals surface area contributed by atoms with Crippen molar-refractivity contribution in [3.8, 4) is 17.7 Å². The molecule has 2 N–H and O–H groups in total. The number of rotatable bonds is 5. The number of nitrogens with one attached hydrogen (secondary N) is 1. The standard InChI is InChI=1S/C29H36N4O4/c1-20-17-33(21(2)19-34)28(35)25-15-23(14-13-22-9-7-8-10-22)16-30-27(25)37-26(20)18-32(3)29(36)31-24-11-5-4-6-12-24/h4-6,11-12,15-16,20-22,26,34H,7-10,17-19H2,1-3H3,(H,31,36)/t20-,21+,26-/m1/s1. The summed E-state index contributed by atoms with van der Waals surface area (Å²) >= 11 is 0. The van der Waals surface area contributed by atoms with E-state index in [4.69, 9.17) is 4.74 Å². The minimum Gasteiger partial charge on any atom is -0.472 e. The Labute approximate surface area is 219 Å². The lowest BCUT2D eigenvalue weighted by atomic mass is 10.00. The number of anilines is 1. The van der Waals surface area contributed by atoms with Gasteiger partial charge in [-0.05, 0) is 38.0 Å². The van der Waals surface area contributed by atoms with Crippen molar-refractivity contribution in [2.75, 3.05) is 32.1 Å². The van der Waals surface area contributed by atoms with Crippen molar-refractivity contribution in [2.24, 2.45) is 11.8 Å². The van der Waals surface area contributed by atoms with Crippen LogP contribution >= 0.6 is 0 Å². The van der Waals surface area contributed by atoms with Crippen molar-refractivity contribution in [1.29, 1.82) is 0 Å². The molecule has 3 atom stereocenters. The first kappa shape index (κ1) is 26.5. The van der Waals surface area contributed by atoms with E-state index in [1.807, 2.05) is 44.2 Å². The molecule has 1 aromatic carbocycles. The molecule has 1 fully saturated rings. The fourth-order valence-corrected chi connectivity index (χ4v) is 4.74. The predicted octanol–water partition coefficient (Wildman–Crippen LogP) is 4.01. The second-order valence-electron chi connectivity index (χ2n) is 10.1. The number of hydrogen-bond acceptors (Lipinski definition) is 5. The second-order valence-corrected chi connectivity index (χ2v) is 10.1. The molecule has 1 aromatic heterocycles. The summed E-state index contributed by atoms with van der Waals surface area (Å²) in [4.78, 5) is 34.1. The van der Waals surface area contributed by atoms with Gasteiger partial charge in [0.2, 0.25) is 5.88 Å². The van der Waals surface area contributed by atoms with E-state index in [2.05, 4.69) is 22.1 Å². The number of pyridine rings is 1. The van der Waals surface area contributed by atoms with E-state index < -0.39 is 6.10 Å². The highest BCUT2D eigenvalue weighted by Gasteiger charge is 2.34. The monoisotopic (exact) mass is 504 g/mol. The molecule has 2 aromatic rings. The van der Waals surface area contributed by atoms with Crippen molar-refractivity contribution in [2.45, 2.75) is 51.7 Å². The number of amides is 3. The minimum absolute atomic E-state index is 0.123. The van der Waals surface area contributed by atoms with E-state index in [1.165, 1.54) is 12.8 Å². The zero-order valence-electron chi connectivity index (χ0n) is 21.8. The van der Waals surface area contributed by atoms with E-state index in [0.717, 1.165) is 12.8 Å². The average molecular weight is 505 g/mol. The molecular weight excluding hydrogens is 468 g/mol. The highest BCUT2D eigenvalue weighted by atomic mass is 16.5. The van der Waals surface area contributed by atoms with Crippen LogP contribution in [-0.2, 0) is 0 Å². The van der Waals surface area contributed by atoms with E-state index in [9.17, 15) is 14.7 Å². The van der Waals surface area contributed by atoms with Crippen LogP contribution in [0.4, 0.5) is 10.5 Å². The molecule has 1 aliphatic carbocycles. The van der Waals surface area contributed by atoms with Gasteiger partial charge in [0.15, 0.2) is 0 Å². The Morgan fingerprint density at radius 1 is 1.30 bits per heavy atom. The van der Waals surface area contributed by atoms with Crippen LogP contribution in [0.25, 0.3) is 0 Å². The number of para-hydroxylation sites is 1. The van der Waals surface area contributed by atoms with Gasteiger partial charge in [0.05, 0.1) is 19.2 Å². The maximum absolute atomic E-state index is 13.6. The van der Waals surface area contributed by atoms with Crippen LogP contribution in [-0.4, -0.2) is 70.7 Å². The first-order valence-corrected chi connectivity index (χ1v) is 13.0. The fraction of sp³-hybridized carbons (Fsp3) is 0.483. The summed E-state index contributed by atoms with van der Waals surface area (Å²) in [6.45, 7) is 4.30. The third-order valence-corrected chi connectivity index (χ3v) is 7.12. The van der Waals surface area contributed by atoms with E-state index in [0.29, 0.717) is 35.8 Å².